The number of primary amides is 1. The molecule has 0 radical (unpaired) electrons. The van der Waals surface area contributed by atoms with Crippen LogP contribution in [0.15, 0.2) is 59.0 Å². The van der Waals surface area contributed by atoms with Crippen LogP contribution in [0.5, 0.6) is 17.2 Å². The second-order valence-electron chi connectivity index (χ2n) is 5.57. The molecule has 6 heteroatoms. The van der Waals surface area contributed by atoms with E-state index in [0.29, 0.717) is 29.6 Å². The molecule has 1 amide bonds. The van der Waals surface area contributed by atoms with Gasteiger partial charge >= 0.3 is 0 Å². The van der Waals surface area contributed by atoms with Crippen molar-refractivity contribution in [2.24, 2.45) is 5.73 Å². The van der Waals surface area contributed by atoms with Crippen molar-refractivity contribution in [2.75, 3.05) is 14.2 Å². The van der Waals surface area contributed by atoms with Crippen LogP contribution in [-0.2, 0) is 6.61 Å². The SMILES string of the molecule is COc1cc(COc2cccc(-c3ccc(C(N)=O)o3)c2)cc(OC)c1. The summed E-state index contributed by atoms with van der Waals surface area (Å²) in [5, 5.41) is 0. The van der Waals surface area contributed by atoms with Crippen LogP contribution in [0.3, 0.4) is 0 Å². The van der Waals surface area contributed by atoms with E-state index in [1.54, 1.807) is 32.4 Å². The number of benzene rings is 2. The van der Waals surface area contributed by atoms with E-state index < -0.39 is 5.91 Å². The number of hydrogen-bond donors (Lipinski definition) is 1. The van der Waals surface area contributed by atoms with Crippen LogP contribution in [0.4, 0.5) is 0 Å². The molecule has 3 aromatic rings. The van der Waals surface area contributed by atoms with Gasteiger partial charge in [-0.05, 0) is 42.0 Å². The molecule has 2 N–H and O–H groups in total. The number of nitrogens with two attached hydrogens (primary N) is 1. The lowest BCUT2D eigenvalue weighted by molar-refractivity contribution is 0.0974. The number of ether oxygens (including phenoxy) is 3. The van der Waals surface area contributed by atoms with Crippen molar-refractivity contribution < 1.29 is 23.4 Å². The smallest absolute Gasteiger partial charge is 0.284 e. The first kappa shape index (κ1) is 17.4. The molecule has 0 saturated heterocycles. The van der Waals surface area contributed by atoms with Crippen LogP contribution in [-0.4, -0.2) is 20.1 Å². The van der Waals surface area contributed by atoms with Crippen LogP contribution >= 0.6 is 0 Å². The topological polar surface area (TPSA) is 83.9 Å². The summed E-state index contributed by atoms with van der Waals surface area (Å²) in [5.74, 6) is 2.14. The lowest BCUT2D eigenvalue weighted by atomic mass is 10.1. The van der Waals surface area contributed by atoms with Gasteiger partial charge in [0.05, 0.1) is 14.2 Å². The standard InChI is InChI=1S/C20H19NO5/c1-23-16-8-13(9-17(11-16)24-2)12-25-15-5-3-4-14(10-15)18-6-7-19(26-18)20(21)22/h3-11H,12H2,1-2H3,(H2,21,22). The van der Waals surface area contributed by atoms with Gasteiger partial charge in [0.2, 0.25) is 0 Å². The van der Waals surface area contributed by atoms with E-state index in [2.05, 4.69) is 0 Å². The Hall–Kier alpha value is -3.41. The molecule has 0 aliphatic heterocycles. The van der Waals surface area contributed by atoms with Gasteiger partial charge in [0.1, 0.15) is 29.6 Å². The second kappa shape index (κ2) is 7.65. The fraction of sp³-hybridized carbons (Fsp3) is 0.150. The molecule has 0 aliphatic rings. The van der Waals surface area contributed by atoms with Gasteiger partial charge in [0, 0.05) is 11.6 Å². The quantitative estimate of drug-likeness (QED) is 0.701. The first-order valence-electron chi connectivity index (χ1n) is 7.94. The first-order chi connectivity index (χ1) is 12.6. The van der Waals surface area contributed by atoms with Crippen molar-refractivity contribution in [3.05, 3.63) is 65.9 Å². The fourth-order valence-corrected chi connectivity index (χ4v) is 2.48. The van der Waals surface area contributed by atoms with Crippen molar-refractivity contribution in [3.8, 4) is 28.6 Å². The van der Waals surface area contributed by atoms with Crippen LogP contribution in [0.25, 0.3) is 11.3 Å². The summed E-state index contributed by atoms with van der Waals surface area (Å²) < 4.78 is 21.8. The fourth-order valence-electron chi connectivity index (χ4n) is 2.48. The number of amides is 1. The van der Waals surface area contributed by atoms with Crippen molar-refractivity contribution in [1.29, 1.82) is 0 Å². The van der Waals surface area contributed by atoms with Gasteiger partial charge in [-0.2, -0.15) is 0 Å². The Balaban J connectivity index is 1.76. The minimum absolute atomic E-state index is 0.120. The van der Waals surface area contributed by atoms with E-state index in [0.717, 1.165) is 11.1 Å². The molecule has 0 aliphatic carbocycles. The van der Waals surface area contributed by atoms with Gasteiger partial charge in [-0.1, -0.05) is 12.1 Å². The van der Waals surface area contributed by atoms with Crippen LogP contribution in [0, 0.1) is 0 Å². The highest BCUT2D eigenvalue weighted by molar-refractivity contribution is 5.90. The summed E-state index contributed by atoms with van der Waals surface area (Å²) in [6.45, 7) is 0.349. The average molecular weight is 353 g/mol. The highest BCUT2D eigenvalue weighted by Gasteiger charge is 2.10. The van der Waals surface area contributed by atoms with Gasteiger partial charge in [-0.3, -0.25) is 4.79 Å². The van der Waals surface area contributed by atoms with Crippen molar-refractivity contribution in [2.45, 2.75) is 6.61 Å². The number of rotatable bonds is 7. The molecule has 1 aromatic heterocycles. The molecule has 3 rings (SSSR count). The van der Waals surface area contributed by atoms with Crippen LogP contribution in [0.2, 0.25) is 0 Å². The summed E-state index contributed by atoms with van der Waals surface area (Å²) in [5.41, 5.74) is 6.92. The lowest BCUT2D eigenvalue weighted by Crippen LogP contribution is -2.09. The molecule has 0 spiro atoms. The number of furan rings is 1. The third kappa shape index (κ3) is 3.97. The maximum atomic E-state index is 11.2. The zero-order valence-electron chi connectivity index (χ0n) is 14.5. The number of carbonyl (C=O) groups is 1. The van der Waals surface area contributed by atoms with Crippen molar-refractivity contribution >= 4 is 5.91 Å². The summed E-state index contributed by atoms with van der Waals surface area (Å²) in [4.78, 5) is 11.2. The summed E-state index contributed by atoms with van der Waals surface area (Å²) >= 11 is 0. The zero-order chi connectivity index (χ0) is 18.5. The second-order valence-corrected chi connectivity index (χ2v) is 5.57. The Morgan fingerprint density at radius 3 is 2.31 bits per heavy atom. The average Bonchev–Trinajstić information content (AvgIpc) is 3.17. The molecule has 1 heterocycles. The Morgan fingerprint density at radius 1 is 0.962 bits per heavy atom. The number of carbonyl (C=O) groups excluding carboxylic acids is 1. The molecule has 0 unspecified atom stereocenters. The van der Waals surface area contributed by atoms with E-state index in [1.165, 1.54) is 0 Å². The first-order valence-corrected chi connectivity index (χ1v) is 7.94. The highest BCUT2D eigenvalue weighted by atomic mass is 16.5. The van der Waals surface area contributed by atoms with E-state index in [4.69, 9.17) is 24.4 Å². The minimum atomic E-state index is -0.601. The van der Waals surface area contributed by atoms with E-state index in [9.17, 15) is 4.79 Å². The van der Waals surface area contributed by atoms with Crippen LogP contribution in [0.1, 0.15) is 16.1 Å². The predicted octanol–water partition coefficient (Wildman–Crippen LogP) is 3.64. The largest absolute Gasteiger partial charge is 0.497 e. The highest BCUT2D eigenvalue weighted by Crippen LogP contribution is 2.27. The molecule has 134 valence electrons. The summed E-state index contributed by atoms with van der Waals surface area (Å²) in [6, 6.07) is 16.2. The Morgan fingerprint density at radius 2 is 1.69 bits per heavy atom. The Labute approximate surface area is 151 Å². The third-order valence-corrected chi connectivity index (χ3v) is 3.78. The molecule has 0 saturated carbocycles. The summed E-state index contributed by atoms with van der Waals surface area (Å²) in [7, 11) is 3.21. The van der Waals surface area contributed by atoms with E-state index >= 15 is 0 Å². The Bertz CT molecular complexity index is 894. The Kier molecular flexibility index (Phi) is 5.12. The van der Waals surface area contributed by atoms with E-state index in [-0.39, 0.29) is 5.76 Å². The van der Waals surface area contributed by atoms with Crippen molar-refractivity contribution in [1.82, 2.24) is 0 Å². The summed E-state index contributed by atoms with van der Waals surface area (Å²) in [6.07, 6.45) is 0. The predicted molar refractivity (Wildman–Crippen MR) is 96.5 cm³/mol. The van der Waals surface area contributed by atoms with Gasteiger partial charge < -0.3 is 24.4 Å². The molecule has 0 bridgehead atoms. The maximum Gasteiger partial charge on any atom is 0.284 e. The molecule has 2 aromatic carbocycles. The van der Waals surface area contributed by atoms with Crippen molar-refractivity contribution in [3.63, 3.8) is 0 Å². The molecule has 0 atom stereocenters. The molecule has 26 heavy (non-hydrogen) atoms. The van der Waals surface area contributed by atoms with Gasteiger partial charge in [-0.15, -0.1) is 0 Å². The minimum Gasteiger partial charge on any atom is -0.497 e. The number of methoxy groups -OCH3 is 2. The normalized spacial score (nSPS) is 10.4. The molecule has 0 fully saturated rings. The third-order valence-electron chi connectivity index (χ3n) is 3.78. The van der Waals surface area contributed by atoms with Crippen LogP contribution < -0.4 is 19.9 Å². The zero-order valence-corrected chi connectivity index (χ0v) is 14.5. The molecule has 6 nitrogen and oxygen atoms in total. The van der Waals surface area contributed by atoms with Gasteiger partial charge in [-0.25, -0.2) is 0 Å². The molecular formula is C20H19NO5. The maximum absolute atomic E-state index is 11.2. The lowest BCUT2D eigenvalue weighted by Gasteiger charge is -2.10. The van der Waals surface area contributed by atoms with Gasteiger partial charge in [0.25, 0.3) is 5.91 Å². The van der Waals surface area contributed by atoms with E-state index in [1.807, 2.05) is 36.4 Å². The molecular weight excluding hydrogens is 334 g/mol. The monoisotopic (exact) mass is 353 g/mol. The number of hydrogen-bond acceptors (Lipinski definition) is 5. The van der Waals surface area contributed by atoms with Gasteiger partial charge in [0.15, 0.2) is 5.76 Å².